The number of carbonyl (C=O) groups is 2. The molecule has 0 bridgehead atoms. The molecular weight excluding hydrogens is 396 g/mol. The third kappa shape index (κ3) is 5.69. The van der Waals surface area contributed by atoms with E-state index in [1.165, 1.54) is 12.7 Å². The van der Waals surface area contributed by atoms with E-state index in [1.807, 2.05) is 24.3 Å². The van der Waals surface area contributed by atoms with Gasteiger partial charge in [0.05, 0.1) is 14.2 Å². The SMILES string of the molecule is CCCc1ccc(OCC(=O)N2CCN(C(=O)c3ccc(OC)c(OC)c3)CC2)cc1. The molecule has 0 N–H and O–H groups in total. The molecule has 7 heteroatoms. The Balaban J connectivity index is 1.49. The van der Waals surface area contributed by atoms with Gasteiger partial charge in [-0.15, -0.1) is 0 Å². The van der Waals surface area contributed by atoms with Crippen molar-refractivity contribution in [1.29, 1.82) is 0 Å². The van der Waals surface area contributed by atoms with Crippen LogP contribution >= 0.6 is 0 Å². The minimum Gasteiger partial charge on any atom is -0.493 e. The molecule has 1 fully saturated rings. The molecule has 166 valence electrons. The van der Waals surface area contributed by atoms with Gasteiger partial charge in [-0.1, -0.05) is 25.5 Å². The molecule has 0 atom stereocenters. The molecule has 0 spiro atoms. The second-order valence-electron chi connectivity index (χ2n) is 7.43. The summed E-state index contributed by atoms with van der Waals surface area (Å²) in [6.07, 6.45) is 2.13. The van der Waals surface area contributed by atoms with E-state index in [-0.39, 0.29) is 18.4 Å². The molecule has 31 heavy (non-hydrogen) atoms. The molecule has 0 aromatic heterocycles. The number of nitrogens with zero attached hydrogens (tertiary/aromatic N) is 2. The lowest BCUT2D eigenvalue weighted by molar-refractivity contribution is -0.134. The number of methoxy groups -OCH3 is 2. The van der Waals surface area contributed by atoms with Crippen LogP contribution in [0.1, 0.15) is 29.3 Å². The summed E-state index contributed by atoms with van der Waals surface area (Å²) in [5.41, 5.74) is 1.80. The van der Waals surface area contributed by atoms with Gasteiger partial charge >= 0.3 is 0 Å². The van der Waals surface area contributed by atoms with Gasteiger partial charge in [0.2, 0.25) is 0 Å². The standard InChI is InChI=1S/C24H30N2O5/c1-4-5-18-6-9-20(10-7-18)31-17-23(27)25-12-14-26(15-13-25)24(28)19-8-11-21(29-2)22(16-19)30-3/h6-11,16H,4-5,12-15,17H2,1-3H3. The number of aryl methyl sites for hydroxylation is 1. The van der Waals surface area contributed by atoms with Crippen LogP contribution in [0.5, 0.6) is 17.2 Å². The van der Waals surface area contributed by atoms with Crippen LogP contribution in [0, 0.1) is 0 Å². The molecule has 7 nitrogen and oxygen atoms in total. The van der Waals surface area contributed by atoms with E-state index in [4.69, 9.17) is 14.2 Å². The third-order valence-electron chi connectivity index (χ3n) is 5.37. The molecule has 2 aromatic rings. The van der Waals surface area contributed by atoms with Crippen LogP contribution in [0.4, 0.5) is 0 Å². The average molecular weight is 427 g/mol. The molecule has 2 amide bonds. The van der Waals surface area contributed by atoms with Gasteiger partial charge in [0, 0.05) is 31.7 Å². The number of piperazine rings is 1. The average Bonchev–Trinajstić information content (AvgIpc) is 2.82. The van der Waals surface area contributed by atoms with Crippen molar-refractivity contribution in [2.24, 2.45) is 0 Å². The zero-order chi connectivity index (χ0) is 22.2. The Hall–Kier alpha value is -3.22. The zero-order valence-corrected chi connectivity index (χ0v) is 18.4. The van der Waals surface area contributed by atoms with Crippen LogP contribution < -0.4 is 14.2 Å². The molecule has 1 aliphatic rings. The number of hydrogen-bond donors (Lipinski definition) is 0. The topological polar surface area (TPSA) is 68.3 Å². The molecule has 0 radical (unpaired) electrons. The van der Waals surface area contributed by atoms with E-state index in [1.54, 1.807) is 35.1 Å². The fourth-order valence-electron chi connectivity index (χ4n) is 3.59. The number of ether oxygens (including phenoxy) is 3. The van der Waals surface area contributed by atoms with Crippen molar-refractivity contribution >= 4 is 11.8 Å². The molecule has 1 saturated heterocycles. The van der Waals surface area contributed by atoms with Gasteiger partial charge in [-0.05, 0) is 42.3 Å². The van der Waals surface area contributed by atoms with Crippen LogP contribution in [-0.2, 0) is 11.2 Å². The van der Waals surface area contributed by atoms with Crippen molar-refractivity contribution in [3.05, 3.63) is 53.6 Å². The largest absolute Gasteiger partial charge is 0.493 e. The lowest BCUT2D eigenvalue weighted by Crippen LogP contribution is -2.51. The Kier molecular flexibility index (Phi) is 7.76. The zero-order valence-electron chi connectivity index (χ0n) is 18.4. The van der Waals surface area contributed by atoms with E-state index in [9.17, 15) is 9.59 Å². The first-order valence-electron chi connectivity index (χ1n) is 10.6. The monoisotopic (exact) mass is 426 g/mol. The first-order valence-corrected chi connectivity index (χ1v) is 10.6. The summed E-state index contributed by atoms with van der Waals surface area (Å²) in [7, 11) is 3.10. The highest BCUT2D eigenvalue weighted by Gasteiger charge is 2.25. The van der Waals surface area contributed by atoms with E-state index < -0.39 is 0 Å². The van der Waals surface area contributed by atoms with E-state index in [0.29, 0.717) is 49.0 Å². The van der Waals surface area contributed by atoms with Crippen LogP contribution in [-0.4, -0.2) is 68.6 Å². The van der Waals surface area contributed by atoms with Crippen molar-refractivity contribution in [2.75, 3.05) is 47.0 Å². The molecule has 0 saturated carbocycles. The Bertz CT molecular complexity index is 889. The molecule has 0 unspecified atom stereocenters. The Morgan fingerprint density at radius 3 is 2.13 bits per heavy atom. The van der Waals surface area contributed by atoms with Crippen molar-refractivity contribution in [2.45, 2.75) is 19.8 Å². The number of benzene rings is 2. The van der Waals surface area contributed by atoms with Crippen LogP contribution in [0.2, 0.25) is 0 Å². The van der Waals surface area contributed by atoms with E-state index in [2.05, 4.69) is 6.92 Å². The lowest BCUT2D eigenvalue weighted by atomic mass is 10.1. The maximum absolute atomic E-state index is 12.8. The second kappa shape index (κ2) is 10.7. The fourth-order valence-corrected chi connectivity index (χ4v) is 3.59. The third-order valence-corrected chi connectivity index (χ3v) is 5.37. The molecule has 3 rings (SSSR count). The summed E-state index contributed by atoms with van der Waals surface area (Å²) < 4.78 is 16.2. The highest BCUT2D eigenvalue weighted by molar-refractivity contribution is 5.95. The van der Waals surface area contributed by atoms with Gasteiger partial charge < -0.3 is 24.0 Å². The number of hydrogen-bond acceptors (Lipinski definition) is 5. The quantitative estimate of drug-likeness (QED) is 0.649. The molecule has 1 heterocycles. The maximum atomic E-state index is 12.8. The summed E-state index contributed by atoms with van der Waals surface area (Å²) in [6.45, 7) is 4.06. The smallest absolute Gasteiger partial charge is 0.260 e. The van der Waals surface area contributed by atoms with Crippen molar-refractivity contribution in [1.82, 2.24) is 9.80 Å². The molecule has 1 aliphatic heterocycles. The molecular formula is C24H30N2O5. The van der Waals surface area contributed by atoms with Crippen LogP contribution in [0.3, 0.4) is 0 Å². The van der Waals surface area contributed by atoms with Gasteiger partial charge in [-0.2, -0.15) is 0 Å². The Morgan fingerprint density at radius 1 is 0.871 bits per heavy atom. The van der Waals surface area contributed by atoms with Crippen molar-refractivity contribution in [3.8, 4) is 17.2 Å². The first-order chi connectivity index (χ1) is 15.0. The normalized spacial score (nSPS) is 13.6. The summed E-state index contributed by atoms with van der Waals surface area (Å²) in [5, 5.41) is 0. The summed E-state index contributed by atoms with van der Waals surface area (Å²) in [6, 6.07) is 13.0. The summed E-state index contributed by atoms with van der Waals surface area (Å²) >= 11 is 0. The summed E-state index contributed by atoms with van der Waals surface area (Å²) in [5.74, 6) is 1.62. The van der Waals surface area contributed by atoms with Gasteiger partial charge in [-0.3, -0.25) is 9.59 Å². The molecule has 0 aliphatic carbocycles. The maximum Gasteiger partial charge on any atom is 0.260 e. The summed E-state index contributed by atoms with van der Waals surface area (Å²) in [4.78, 5) is 28.8. The van der Waals surface area contributed by atoms with Crippen LogP contribution in [0.25, 0.3) is 0 Å². The van der Waals surface area contributed by atoms with E-state index >= 15 is 0 Å². The van der Waals surface area contributed by atoms with Gasteiger partial charge in [-0.25, -0.2) is 0 Å². The Labute approximate surface area is 183 Å². The van der Waals surface area contributed by atoms with Crippen LogP contribution in [0.15, 0.2) is 42.5 Å². The molecule has 2 aromatic carbocycles. The van der Waals surface area contributed by atoms with Gasteiger partial charge in [0.15, 0.2) is 18.1 Å². The lowest BCUT2D eigenvalue weighted by Gasteiger charge is -2.34. The minimum absolute atomic E-state index is 0.00322. The predicted octanol–water partition coefficient (Wildman–Crippen LogP) is 3.02. The van der Waals surface area contributed by atoms with Crippen molar-refractivity contribution in [3.63, 3.8) is 0 Å². The second-order valence-corrected chi connectivity index (χ2v) is 7.43. The van der Waals surface area contributed by atoms with Gasteiger partial charge in [0.1, 0.15) is 5.75 Å². The number of carbonyl (C=O) groups excluding carboxylic acids is 2. The van der Waals surface area contributed by atoms with Gasteiger partial charge in [0.25, 0.3) is 11.8 Å². The highest BCUT2D eigenvalue weighted by atomic mass is 16.5. The van der Waals surface area contributed by atoms with Crippen molar-refractivity contribution < 1.29 is 23.8 Å². The van der Waals surface area contributed by atoms with E-state index in [0.717, 1.165) is 12.8 Å². The predicted molar refractivity (Wildman–Crippen MR) is 118 cm³/mol. The Morgan fingerprint density at radius 2 is 1.52 bits per heavy atom. The first kappa shape index (κ1) is 22.5. The highest BCUT2D eigenvalue weighted by Crippen LogP contribution is 2.28. The minimum atomic E-state index is -0.0866. The number of rotatable bonds is 8. The number of amides is 2. The fraction of sp³-hybridized carbons (Fsp3) is 0.417.